The average Bonchev–Trinajstić information content (AvgIpc) is 2.41. The highest BCUT2D eigenvalue weighted by Crippen LogP contribution is 2.28. The van der Waals surface area contributed by atoms with Crippen molar-refractivity contribution in [3.05, 3.63) is 29.8 Å². The van der Waals surface area contributed by atoms with Crippen LogP contribution in [0, 0.1) is 16.7 Å². The van der Waals surface area contributed by atoms with Gasteiger partial charge >= 0.3 is 0 Å². The van der Waals surface area contributed by atoms with Gasteiger partial charge in [0.2, 0.25) is 0 Å². The van der Waals surface area contributed by atoms with E-state index >= 15 is 0 Å². The molecule has 0 aliphatic carbocycles. The Balaban J connectivity index is 2.71. The van der Waals surface area contributed by atoms with Crippen LogP contribution in [0.1, 0.15) is 45.2 Å². The molecule has 1 atom stereocenters. The van der Waals surface area contributed by atoms with Gasteiger partial charge in [-0.05, 0) is 39.8 Å². The summed E-state index contributed by atoms with van der Waals surface area (Å²) in [5, 5.41) is 12.3. The van der Waals surface area contributed by atoms with E-state index in [1.807, 2.05) is 39.1 Å². The highest BCUT2D eigenvalue weighted by atomic mass is 16.5. The van der Waals surface area contributed by atoms with E-state index in [9.17, 15) is 0 Å². The molecule has 1 unspecified atom stereocenters. The maximum absolute atomic E-state index is 8.99. The highest BCUT2D eigenvalue weighted by molar-refractivity contribution is 5.35. The predicted octanol–water partition coefficient (Wildman–Crippen LogP) is 3.68. The van der Waals surface area contributed by atoms with E-state index < -0.39 is 0 Å². The summed E-state index contributed by atoms with van der Waals surface area (Å²) in [6.07, 6.45) is 1.74. The molecule has 1 N–H and O–H groups in total. The zero-order chi connectivity index (χ0) is 14.3. The second-order valence-corrected chi connectivity index (χ2v) is 5.38. The Morgan fingerprint density at radius 1 is 1.37 bits per heavy atom. The number of nitriles is 1. The molecule has 0 saturated carbocycles. The van der Waals surface area contributed by atoms with Crippen LogP contribution < -0.4 is 10.1 Å². The van der Waals surface area contributed by atoms with Crippen molar-refractivity contribution in [1.29, 1.82) is 5.26 Å². The van der Waals surface area contributed by atoms with Gasteiger partial charge in [0.25, 0.3) is 0 Å². The highest BCUT2D eigenvalue weighted by Gasteiger charge is 2.17. The molecule has 104 valence electrons. The quantitative estimate of drug-likeness (QED) is 0.813. The molecule has 1 aromatic carbocycles. The summed E-state index contributed by atoms with van der Waals surface area (Å²) in [5.41, 5.74) is 0.851. The SMILES string of the molecule is CCC(NC)c1ccccc1OCCC(C)(C)C#N. The van der Waals surface area contributed by atoms with Crippen molar-refractivity contribution in [3.63, 3.8) is 0 Å². The van der Waals surface area contributed by atoms with Crippen molar-refractivity contribution in [2.45, 2.75) is 39.7 Å². The van der Waals surface area contributed by atoms with Crippen molar-refractivity contribution < 1.29 is 4.74 Å². The van der Waals surface area contributed by atoms with Crippen LogP contribution in [0.3, 0.4) is 0 Å². The fourth-order valence-electron chi connectivity index (χ4n) is 1.95. The van der Waals surface area contributed by atoms with Gasteiger partial charge in [0.15, 0.2) is 0 Å². The van der Waals surface area contributed by atoms with Gasteiger partial charge in [0, 0.05) is 11.6 Å². The zero-order valence-electron chi connectivity index (χ0n) is 12.4. The average molecular weight is 260 g/mol. The van der Waals surface area contributed by atoms with E-state index in [-0.39, 0.29) is 5.41 Å². The molecule has 19 heavy (non-hydrogen) atoms. The summed E-state index contributed by atoms with van der Waals surface area (Å²) >= 11 is 0. The van der Waals surface area contributed by atoms with Crippen LogP contribution in [-0.4, -0.2) is 13.7 Å². The molecule has 0 bridgehead atoms. The molecule has 0 amide bonds. The Bertz CT molecular complexity index is 431. The van der Waals surface area contributed by atoms with Crippen molar-refractivity contribution in [2.75, 3.05) is 13.7 Å². The number of hydrogen-bond acceptors (Lipinski definition) is 3. The largest absolute Gasteiger partial charge is 0.493 e. The van der Waals surface area contributed by atoms with Crippen molar-refractivity contribution in [2.24, 2.45) is 5.41 Å². The minimum Gasteiger partial charge on any atom is -0.493 e. The number of benzene rings is 1. The molecule has 0 aliphatic heterocycles. The third-order valence-corrected chi connectivity index (χ3v) is 3.34. The second kappa shape index (κ2) is 7.16. The van der Waals surface area contributed by atoms with Gasteiger partial charge < -0.3 is 10.1 Å². The van der Waals surface area contributed by atoms with Gasteiger partial charge in [-0.2, -0.15) is 5.26 Å². The first-order valence-electron chi connectivity index (χ1n) is 6.84. The van der Waals surface area contributed by atoms with Crippen LogP contribution in [0.25, 0.3) is 0 Å². The fourth-order valence-corrected chi connectivity index (χ4v) is 1.95. The van der Waals surface area contributed by atoms with Crippen molar-refractivity contribution in [1.82, 2.24) is 5.32 Å². The van der Waals surface area contributed by atoms with Gasteiger partial charge in [0.05, 0.1) is 18.1 Å². The number of nitrogens with zero attached hydrogens (tertiary/aromatic N) is 1. The number of rotatable bonds is 7. The van der Waals surface area contributed by atoms with Crippen LogP contribution in [0.4, 0.5) is 0 Å². The number of nitrogens with one attached hydrogen (secondary N) is 1. The predicted molar refractivity (Wildman–Crippen MR) is 78.0 cm³/mol. The maximum Gasteiger partial charge on any atom is 0.124 e. The van der Waals surface area contributed by atoms with E-state index in [1.54, 1.807) is 0 Å². The van der Waals surface area contributed by atoms with E-state index in [0.717, 1.165) is 18.6 Å². The van der Waals surface area contributed by atoms with Gasteiger partial charge in [0.1, 0.15) is 5.75 Å². The monoisotopic (exact) mass is 260 g/mol. The molecule has 0 radical (unpaired) electrons. The summed E-state index contributed by atoms with van der Waals surface area (Å²) in [4.78, 5) is 0. The summed E-state index contributed by atoms with van der Waals surface area (Å²) in [6.45, 7) is 6.59. The van der Waals surface area contributed by atoms with Crippen LogP contribution in [0.15, 0.2) is 24.3 Å². The Morgan fingerprint density at radius 3 is 2.63 bits per heavy atom. The van der Waals surface area contributed by atoms with E-state index in [1.165, 1.54) is 5.56 Å². The fraction of sp³-hybridized carbons (Fsp3) is 0.562. The van der Waals surface area contributed by atoms with Crippen molar-refractivity contribution in [3.8, 4) is 11.8 Å². The molecule has 0 fully saturated rings. The number of hydrogen-bond donors (Lipinski definition) is 1. The van der Waals surface area contributed by atoms with Gasteiger partial charge in [-0.25, -0.2) is 0 Å². The standard InChI is InChI=1S/C16H24N2O/c1-5-14(18-4)13-8-6-7-9-15(13)19-11-10-16(2,3)12-17/h6-9,14,18H,5,10-11H2,1-4H3. The van der Waals surface area contributed by atoms with Crippen LogP contribution >= 0.6 is 0 Å². The summed E-state index contributed by atoms with van der Waals surface area (Å²) in [7, 11) is 1.96. The molecular formula is C16H24N2O. The topological polar surface area (TPSA) is 45.0 Å². The maximum atomic E-state index is 8.99. The molecule has 0 spiro atoms. The lowest BCUT2D eigenvalue weighted by atomic mass is 9.92. The molecule has 0 heterocycles. The number of ether oxygens (including phenoxy) is 1. The molecule has 0 saturated heterocycles. The van der Waals surface area contributed by atoms with Gasteiger partial charge in [-0.1, -0.05) is 25.1 Å². The van der Waals surface area contributed by atoms with Gasteiger partial charge in [-0.3, -0.25) is 0 Å². The Labute approximate surface area is 116 Å². The first kappa shape index (κ1) is 15.5. The van der Waals surface area contributed by atoms with Crippen LogP contribution in [-0.2, 0) is 0 Å². The van der Waals surface area contributed by atoms with Crippen LogP contribution in [0.2, 0.25) is 0 Å². The van der Waals surface area contributed by atoms with E-state index in [4.69, 9.17) is 10.00 Å². The lowest BCUT2D eigenvalue weighted by Gasteiger charge is -2.20. The van der Waals surface area contributed by atoms with E-state index in [2.05, 4.69) is 24.4 Å². The molecule has 1 rings (SSSR count). The first-order valence-corrected chi connectivity index (χ1v) is 6.84. The molecular weight excluding hydrogens is 236 g/mol. The molecule has 3 heteroatoms. The third kappa shape index (κ3) is 4.57. The lowest BCUT2D eigenvalue weighted by molar-refractivity contribution is 0.260. The summed E-state index contributed by atoms with van der Waals surface area (Å²) in [6, 6.07) is 10.7. The Kier molecular flexibility index (Phi) is 5.85. The van der Waals surface area contributed by atoms with Crippen molar-refractivity contribution >= 4 is 0 Å². The zero-order valence-corrected chi connectivity index (χ0v) is 12.4. The lowest BCUT2D eigenvalue weighted by Crippen LogP contribution is -2.18. The molecule has 0 aliphatic rings. The minimum atomic E-state index is -0.331. The minimum absolute atomic E-state index is 0.306. The second-order valence-electron chi connectivity index (χ2n) is 5.38. The molecule has 3 nitrogen and oxygen atoms in total. The first-order chi connectivity index (χ1) is 9.04. The smallest absolute Gasteiger partial charge is 0.124 e. The van der Waals surface area contributed by atoms with E-state index in [0.29, 0.717) is 12.6 Å². The third-order valence-electron chi connectivity index (χ3n) is 3.34. The summed E-state index contributed by atoms with van der Waals surface area (Å²) in [5.74, 6) is 0.914. The molecule has 1 aromatic rings. The van der Waals surface area contributed by atoms with Crippen LogP contribution in [0.5, 0.6) is 5.75 Å². The summed E-state index contributed by atoms with van der Waals surface area (Å²) < 4.78 is 5.87. The van der Waals surface area contributed by atoms with Gasteiger partial charge in [-0.15, -0.1) is 0 Å². The number of para-hydroxylation sites is 1. The Morgan fingerprint density at radius 2 is 2.05 bits per heavy atom. The normalized spacial score (nSPS) is 12.8. The Hall–Kier alpha value is -1.53. The molecule has 0 aromatic heterocycles.